The van der Waals surface area contributed by atoms with Crippen molar-refractivity contribution in [1.29, 1.82) is 0 Å². The van der Waals surface area contributed by atoms with Crippen molar-refractivity contribution in [2.24, 2.45) is 0 Å². The molecule has 0 aromatic rings. The highest BCUT2D eigenvalue weighted by molar-refractivity contribution is 7.98. The van der Waals surface area contributed by atoms with E-state index in [4.69, 9.17) is 6.26 Å². The van der Waals surface area contributed by atoms with Gasteiger partial charge in [0.2, 0.25) is 0 Å². The topological polar surface area (TPSA) is 3.24 Å². The van der Waals surface area contributed by atoms with Crippen LogP contribution in [0, 0.1) is 6.26 Å². The van der Waals surface area contributed by atoms with E-state index >= 15 is 0 Å². The van der Waals surface area contributed by atoms with E-state index in [-0.39, 0.29) is 5.54 Å². The Morgan fingerprint density at radius 3 is 1.75 bits per heavy atom. The van der Waals surface area contributed by atoms with Crippen LogP contribution >= 0.6 is 11.9 Å². The minimum Gasteiger partial charge on any atom is -0.248 e. The van der Waals surface area contributed by atoms with Crippen molar-refractivity contribution in [2.45, 2.75) is 26.3 Å². The summed E-state index contributed by atoms with van der Waals surface area (Å²) in [6.45, 7) is 6.23. The van der Waals surface area contributed by atoms with E-state index < -0.39 is 0 Å². The number of nitrogens with zero attached hydrogens (tertiary/aromatic N) is 1. The van der Waals surface area contributed by atoms with Gasteiger partial charge in [0, 0.05) is 5.54 Å². The second-order valence-electron chi connectivity index (χ2n) is 2.76. The second-order valence-corrected chi connectivity index (χ2v) is 3.49. The van der Waals surface area contributed by atoms with Gasteiger partial charge >= 0.3 is 0 Å². The Balaban J connectivity index is 3.62. The minimum atomic E-state index is 0.117. The fourth-order valence-corrected chi connectivity index (χ4v) is 0.411. The Morgan fingerprint density at radius 1 is 1.38 bits per heavy atom. The minimum absolute atomic E-state index is 0.117. The largest absolute Gasteiger partial charge is 0.248 e. The van der Waals surface area contributed by atoms with Gasteiger partial charge in [0.15, 0.2) is 0 Å². The number of hydrogen-bond acceptors (Lipinski definition) is 2. The molecule has 2 heteroatoms. The van der Waals surface area contributed by atoms with Gasteiger partial charge in [0.25, 0.3) is 0 Å². The lowest BCUT2D eigenvalue weighted by Gasteiger charge is -2.28. The molecule has 0 aliphatic rings. The summed E-state index contributed by atoms with van der Waals surface area (Å²) in [7, 11) is 1.91. The Morgan fingerprint density at radius 2 is 1.75 bits per heavy atom. The average Bonchev–Trinajstić information content (AvgIpc) is 1.62. The van der Waals surface area contributed by atoms with E-state index in [1.807, 2.05) is 11.4 Å². The molecule has 0 rings (SSSR count). The highest BCUT2D eigenvalue weighted by Gasteiger charge is 2.14. The molecule has 0 N–H and O–H groups in total. The molecule has 0 saturated heterocycles. The molecule has 0 saturated carbocycles. The average molecular weight is 130 g/mol. The van der Waals surface area contributed by atoms with Gasteiger partial charge in [0.1, 0.15) is 0 Å². The summed E-state index contributed by atoms with van der Waals surface area (Å²) in [5.41, 5.74) is 0.117. The van der Waals surface area contributed by atoms with E-state index in [2.05, 4.69) is 20.8 Å². The molecule has 0 spiro atoms. The predicted molar refractivity (Wildman–Crippen MR) is 38.4 cm³/mol. The van der Waals surface area contributed by atoms with Crippen LogP contribution in [0.15, 0.2) is 0 Å². The highest BCUT2D eigenvalue weighted by atomic mass is 32.2. The monoisotopic (exact) mass is 130 g/mol. The molecule has 8 heavy (non-hydrogen) atoms. The van der Waals surface area contributed by atoms with Crippen molar-refractivity contribution < 1.29 is 0 Å². The molecule has 3 radical (unpaired) electrons. The van der Waals surface area contributed by atoms with Crippen LogP contribution in [0.1, 0.15) is 20.8 Å². The molecule has 0 heterocycles. The van der Waals surface area contributed by atoms with Gasteiger partial charge in [-0.05, 0) is 27.8 Å². The first-order valence-electron chi connectivity index (χ1n) is 2.56. The lowest BCUT2D eigenvalue weighted by molar-refractivity contribution is 0.321. The second kappa shape index (κ2) is 2.74. The van der Waals surface area contributed by atoms with Crippen molar-refractivity contribution in [2.75, 3.05) is 7.05 Å². The van der Waals surface area contributed by atoms with Crippen LogP contribution in [0.5, 0.6) is 0 Å². The Bertz CT molecular complexity index is 65.4. The molecular formula is C6H12NS. The van der Waals surface area contributed by atoms with Crippen molar-refractivity contribution in [1.82, 2.24) is 4.31 Å². The number of hydrogen-bond donors (Lipinski definition) is 0. The van der Waals surface area contributed by atoms with Gasteiger partial charge in [-0.2, -0.15) is 0 Å². The molecule has 0 amide bonds. The molecule has 0 atom stereocenters. The van der Waals surface area contributed by atoms with Crippen LogP contribution < -0.4 is 0 Å². The zero-order valence-electron chi connectivity index (χ0n) is 5.86. The Labute approximate surface area is 56.6 Å². The molecule has 47 valence electrons. The first-order chi connectivity index (χ1) is 3.48. The molecule has 0 bridgehead atoms. The van der Waals surface area contributed by atoms with Crippen molar-refractivity contribution in [3.05, 3.63) is 6.26 Å². The van der Waals surface area contributed by atoms with Crippen molar-refractivity contribution in [3.63, 3.8) is 0 Å². The molecule has 0 aromatic carbocycles. The fraction of sp³-hybridized carbons (Fsp3) is 0.833. The summed E-state index contributed by atoms with van der Waals surface area (Å²) in [6, 6.07) is 0. The van der Waals surface area contributed by atoms with E-state index in [0.29, 0.717) is 0 Å². The smallest absolute Gasteiger partial charge is 0.0875 e. The zero-order valence-corrected chi connectivity index (χ0v) is 6.67. The lowest BCUT2D eigenvalue weighted by atomic mass is 10.1. The maximum Gasteiger partial charge on any atom is 0.0875 e. The Kier molecular flexibility index (Phi) is 2.84. The molecule has 0 unspecified atom stereocenters. The van der Waals surface area contributed by atoms with Gasteiger partial charge < -0.3 is 0 Å². The van der Waals surface area contributed by atoms with Crippen LogP contribution in [0.3, 0.4) is 0 Å². The third-order valence-electron chi connectivity index (χ3n) is 1.08. The quantitative estimate of drug-likeness (QED) is 0.499. The van der Waals surface area contributed by atoms with Crippen LogP contribution in [0.2, 0.25) is 0 Å². The lowest BCUT2D eigenvalue weighted by Crippen LogP contribution is -2.31. The molecular weight excluding hydrogens is 118 g/mol. The number of rotatable bonds is 1. The molecule has 0 aromatic heterocycles. The summed E-state index contributed by atoms with van der Waals surface area (Å²) in [5, 5.41) is 0. The van der Waals surface area contributed by atoms with Crippen LogP contribution in [0.4, 0.5) is 0 Å². The molecule has 1 nitrogen and oxygen atoms in total. The van der Waals surface area contributed by atoms with Gasteiger partial charge in [-0.15, -0.1) is 0 Å². The first kappa shape index (κ1) is 8.31. The van der Waals surface area contributed by atoms with Gasteiger partial charge in [0.05, 0.1) is 6.26 Å². The van der Waals surface area contributed by atoms with Gasteiger partial charge in [-0.25, -0.2) is 4.31 Å². The van der Waals surface area contributed by atoms with E-state index in [0.717, 1.165) is 11.9 Å². The van der Waals surface area contributed by atoms with Gasteiger partial charge in [-0.3, -0.25) is 0 Å². The Hall–Kier alpha value is 0.310. The molecule has 0 aliphatic heterocycles. The highest BCUT2D eigenvalue weighted by Crippen LogP contribution is 2.18. The molecule has 0 fully saturated rings. The standard InChI is InChI=1S/C6H12NS/c1-6(2,3)7(4)8-5/h1-4H3. The summed E-state index contributed by atoms with van der Waals surface area (Å²) in [6.07, 6.45) is 6.91. The molecule has 0 aliphatic carbocycles. The van der Waals surface area contributed by atoms with Gasteiger partial charge in [-0.1, -0.05) is 11.9 Å². The normalized spacial score (nSPS) is 12.8. The maximum absolute atomic E-state index is 6.91. The SMILES string of the molecule is [C]SN(C)C(C)(C)C. The third-order valence-corrected chi connectivity index (χ3v) is 1.90. The van der Waals surface area contributed by atoms with E-state index in [1.165, 1.54) is 0 Å². The maximum atomic E-state index is 6.91. The van der Waals surface area contributed by atoms with Crippen molar-refractivity contribution >= 4 is 11.9 Å². The summed E-state index contributed by atoms with van der Waals surface area (Å²) in [5.74, 6) is 0. The zero-order chi connectivity index (χ0) is 6.78. The van der Waals surface area contributed by atoms with E-state index in [9.17, 15) is 0 Å². The first-order valence-corrected chi connectivity index (χ1v) is 3.33. The summed E-state index contributed by atoms with van der Waals surface area (Å²) < 4.78 is 1.90. The summed E-state index contributed by atoms with van der Waals surface area (Å²) >= 11 is 1.02. The third kappa shape index (κ3) is 2.58. The van der Waals surface area contributed by atoms with Crippen LogP contribution in [-0.4, -0.2) is 16.9 Å². The summed E-state index contributed by atoms with van der Waals surface area (Å²) in [4.78, 5) is 0. The van der Waals surface area contributed by atoms with Crippen molar-refractivity contribution in [3.8, 4) is 0 Å². The van der Waals surface area contributed by atoms with Crippen LogP contribution in [0.25, 0.3) is 0 Å². The van der Waals surface area contributed by atoms with E-state index in [1.54, 1.807) is 0 Å². The van der Waals surface area contributed by atoms with Crippen LogP contribution in [-0.2, 0) is 0 Å². The fourth-order valence-electron chi connectivity index (χ4n) is 0.137. The predicted octanol–water partition coefficient (Wildman–Crippen LogP) is 1.91.